The van der Waals surface area contributed by atoms with Crippen LogP contribution in [0.2, 0.25) is 0 Å². The number of hydrogen-bond donors (Lipinski definition) is 0. The average Bonchev–Trinajstić information content (AvgIpc) is 2.90. The van der Waals surface area contributed by atoms with Gasteiger partial charge in [0.15, 0.2) is 11.9 Å². The van der Waals surface area contributed by atoms with Crippen molar-refractivity contribution in [2.75, 3.05) is 18.0 Å². The number of Topliss-reactive ketones (excluding diaryl/α,β-unsaturated/α-hetero) is 1. The van der Waals surface area contributed by atoms with Crippen LogP contribution in [0.15, 0.2) is 72.9 Å². The van der Waals surface area contributed by atoms with E-state index in [0.29, 0.717) is 42.9 Å². The number of nitrogens with zero attached hydrogens (tertiary/aromatic N) is 3. The molecule has 1 aromatic heterocycles. The molecule has 1 aliphatic heterocycles. The lowest BCUT2D eigenvalue weighted by Crippen LogP contribution is -2.49. The van der Waals surface area contributed by atoms with E-state index in [9.17, 15) is 14.4 Å². The molecule has 1 aliphatic rings. The van der Waals surface area contributed by atoms with E-state index in [0.717, 1.165) is 17.7 Å². The highest BCUT2D eigenvalue weighted by Crippen LogP contribution is 2.35. The maximum Gasteiger partial charge on any atom is 0.268 e. The third-order valence-electron chi connectivity index (χ3n) is 6.19. The lowest BCUT2D eigenvalue weighted by atomic mass is 10.0. The number of rotatable bonds is 10. The first kappa shape index (κ1) is 25.1. The van der Waals surface area contributed by atoms with Crippen LogP contribution < -0.4 is 9.64 Å². The summed E-state index contributed by atoms with van der Waals surface area (Å²) in [6.07, 6.45) is 2.76. The van der Waals surface area contributed by atoms with Gasteiger partial charge in [-0.1, -0.05) is 43.3 Å². The molecule has 0 N–H and O–H groups in total. The van der Waals surface area contributed by atoms with Crippen LogP contribution in [0.1, 0.15) is 48.3 Å². The molecule has 0 saturated carbocycles. The second-order valence-electron chi connectivity index (χ2n) is 8.91. The van der Waals surface area contributed by atoms with Gasteiger partial charge in [-0.3, -0.25) is 24.3 Å². The van der Waals surface area contributed by atoms with Crippen LogP contribution in [0.4, 0.5) is 5.69 Å². The van der Waals surface area contributed by atoms with Crippen molar-refractivity contribution in [3.8, 4) is 5.75 Å². The van der Waals surface area contributed by atoms with Gasteiger partial charge < -0.3 is 9.64 Å². The molecule has 2 aromatic carbocycles. The molecule has 4 rings (SSSR count). The van der Waals surface area contributed by atoms with Gasteiger partial charge >= 0.3 is 0 Å². The molecular weight excluding hydrogens is 454 g/mol. The van der Waals surface area contributed by atoms with Crippen LogP contribution in [0.5, 0.6) is 5.75 Å². The monoisotopic (exact) mass is 485 g/mol. The minimum atomic E-state index is -0.724. The minimum absolute atomic E-state index is 0.00119. The smallest absolute Gasteiger partial charge is 0.268 e. The van der Waals surface area contributed by atoms with Crippen LogP contribution in [0.3, 0.4) is 0 Å². The lowest BCUT2D eigenvalue weighted by Gasteiger charge is -2.34. The Labute approximate surface area is 211 Å². The van der Waals surface area contributed by atoms with E-state index in [2.05, 4.69) is 4.98 Å². The van der Waals surface area contributed by atoms with E-state index in [1.54, 1.807) is 36.2 Å². The molecule has 36 heavy (non-hydrogen) atoms. The summed E-state index contributed by atoms with van der Waals surface area (Å²) < 4.78 is 5.78. The number of carbonyl (C=O) groups is 3. The quantitative estimate of drug-likeness (QED) is 0.397. The second kappa shape index (κ2) is 11.6. The van der Waals surface area contributed by atoms with Crippen molar-refractivity contribution in [2.24, 2.45) is 0 Å². The number of fused-ring (bicyclic) bond motifs is 1. The highest BCUT2D eigenvalue weighted by Gasteiger charge is 2.34. The zero-order valence-electron chi connectivity index (χ0n) is 20.7. The molecule has 1 unspecified atom stereocenters. The minimum Gasteiger partial charge on any atom is -0.479 e. The summed E-state index contributed by atoms with van der Waals surface area (Å²) in [4.78, 5) is 46.8. The predicted molar refractivity (Wildman–Crippen MR) is 138 cm³/mol. The Morgan fingerprint density at radius 1 is 1.06 bits per heavy atom. The molecule has 0 bridgehead atoms. The zero-order valence-corrected chi connectivity index (χ0v) is 20.7. The van der Waals surface area contributed by atoms with Gasteiger partial charge in [0.25, 0.3) is 5.91 Å². The van der Waals surface area contributed by atoms with Crippen molar-refractivity contribution in [1.29, 1.82) is 0 Å². The number of ether oxygens (including phenoxy) is 1. The van der Waals surface area contributed by atoms with Crippen molar-refractivity contribution in [3.63, 3.8) is 0 Å². The molecule has 2 heterocycles. The maximum absolute atomic E-state index is 13.6. The van der Waals surface area contributed by atoms with Crippen LogP contribution in [0.25, 0.3) is 0 Å². The van der Waals surface area contributed by atoms with Crippen LogP contribution in [-0.4, -0.2) is 46.7 Å². The second-order valence-corrected chi connectivity index (χ2v) is 8.91. The van der Waals surface area contributed by atoms with E-state index < -0.39 is 6.10 Å². The topological polar surface area (TPSA) is 79.8 Å². The third-order valence-corrected chi connectivity index (χ3v) is 6.19. The highest BCUT2D eigenvalue weighted by molar-refractivity contribution is 6.05. The van der Waals surface area contributed by atoms with Gasteiger partial charge in [0.05, 0.1) is 5.69 Å². The molecule has 0 fully saturated rings. The molecule has 1 atom stereocenters. The van der Waals surface area contributed by atoms with Crippen LogP contribution in [0, 0.1) is 0 Å². The number of carbonyl (C=O) groups excluding carboxylic acids is 3. The van der Waals surface area contributed by atoms with Gasteiger partial charge in [0, 0.05) is 43.4 Å². The summed E-state index contributed by atoms with van der Waals surface area (Å²) in [5.74, 6) is -0.00134. The predicted octanol–water partition coefficient (Wildman–Crippen LogP) is 4.45. The Bertz CT molecular complexity index is 1210. The summed E-state index contributed by atoms with van der Waals surface area (Å²) in [5.41, 5.74) is 2.86. The first-order valence-corrected chi connectivity index (χ1v) is 12.3. The standard InChI is InChI=1S/C29H31N3O4/c1-3-9-26(33)23-13-14-27-25(18-23)32(29(35)21(2)36-27)20-28(34)31(19-22-10-5-4-6-11-22)17-15-24-12-7-8-16-30-24/h4-8,10-14,16,18,21H,3,9,15,17,19-20H2,1-2H3. The SMILES string of the molecule is CCCC(=O)c1ccc2c(c1)N(CC(=O)N(CCc1ccccn1)Cc1ccccc1)C(=O)C(C)O2. The number of anilines is 1. The molecule has 0 radical (unpaired) electrons. The molecular formula is C29H31N3O4. The average molecular weight is 486 g/mol. The van der Waals surface area contributed by atoms with Gasteiger partial charge in [-0.25, -0.2) is 0 Å². The van der Waals surface area contributed by atoms with Gasteiger partial charge in [-0.2, -0.15) is 0 Å². The molecule has 0 spiro atoms. The first-order valence-electron chi connectivity index (χ1n) is 12.3. The first-order chi connectivity index (χ1) is 17.5. The highest BCUT2D eigenvalue weighted by atomic mass is 16.5. The maximum atomic E-state index is 13.6. The van der Waals surface area contributed by atoms with E-state index in [1.807, 2.05) is 55.5 Å². The molecule has 0 saturated heterocycles. The van der Waals surface area contributed by atoms with Gasteiger partial charge in [0.2, 0.25) is 5.91 Å². The normalized spacial score (nSPS) is 14.7. The van der Waals surface area contributed by atoms with Crippen molar-refractivity contribution >= 4 is 23.3 Å². The Balaban J connectivity index is 1.59. The molecule has 2 amide bonds. The third kappa shape index (κ3) is 5.97. The van der Waals surface area contributed by atoms with E-state index in [-0.39, 0.29) is 24.1 Å². The van der Waals surface area contributed by atoms with Crippen LogP contribution >= 0.6 is 0 Å². The largest absolute Gasteiger partial charge is 0.479 e. The summed E-state index contributed by atoms with van der Waals surface area (Å²) in [6, 6.07) is 20.6. The van der Waals surface area contributed by atoms with Gasteiger partial charge in [-0.15, -0.1) is 0 Å². The number of aromatic nitrogens is 1. The summed E-state index contributed by atoms with van der Waals surface area (Å²) in [5, 5.41) is 0. The van der Waals surface area contributed by atoms with Crippen molar-refractivity contribution in [2.45, 2.75) is 45.8 Å². The Morgan fingerprint density at radius 2 is 1.83 bits per heavy atom. The molecule has 186 valence electrons. The molecule has 3 aromatic rings. The number of hydrogen-bond acceptors (Lipinski definition) is 5. The van der Waals surface area contributed by atoms with Crippen molar-refractivity contribution < 1.29 is 19.1 Å². The fourth-order valence-corrected chi connectivity index (χ4v) is 4.24. The Kier molecular flexibility index (Phi) is 8.10. The molecule has 7 nitrogen and oxygen atoms in total. The number of amides is 2. The Hall–Kier alpha value is -4.00. The van der Waals surface area contributed by atoms with Crippen LogP contribution in [-0.2, 0) is 22.6 Å². The fraction of sp³-hybridized carbons (Fsp3) is 0.310. The van der Waals surface area contributed by atoms with Gasteiger partial charge in [0.1, 0.15) is 12.3 Å². The fourth-order valence-electron chi connectivity index (χ4n) is 4.24. The summed E-state index contributed by atoms with van der Waals surface area (Å²) in [7, 11) is 0. The molecule has 0 aliphatic carbocycles. The molecule has 7 heteroatoms. The lowest BCUT2D eigenvalue weighted by molar-refractivity contribution is -0.133. The van der Waals surface area contributed by atoms with E-state index >= 15 is 0 Å². The number of ketones is 1. The van der Waals surface area contributed by atoms with Gasteiger partial charge in [-0.05, 0) is 49.2 Å². The van der Waals surface area contributed by atoms with E-state index in [1.165, 1.54) is 4.90 Å². The van der Waals surface area contributed by atoms with Crippen molar-refractivity contribution in [3.05, 3.63) is 89.7 Å². The number of benzene rings is 2. The van der Waals surface area contributed by atoms with Crippen molar-refractivity contribution in [1.82, 2.24) is 9.88 Å². The Morgan fingerprint density at radius 3 is 2.56 bits per heavy atom. The zero-order chi connectivity index (χ0) is 25.5. The number of pyridine rings is 1. The summed E-state index contributed by atoms with van der Waals surface area (Å²) >= 11 is 0. The van der Waals surface area contributed by atoms with E-state index in [4.69, 9.17) is 4.74 Å². The summed E-state index contributed by atoms with van der Waals surface area (Å²) in [6.45, 7) is 4.35.